The Hall–Kier alpha value is -1.49. The van der Waals surface area contributed by atoms with Gasteiger partial charge in [-0.15, -0.1) is 11.3 Å². The Bertz CT molecular complexity index is 756. The summed E-state index contributed by atoms with van der Waals surface area (Å²) in [6.45, 7) is 0. The van der Waals surface area contributed by atoms with Gasteiger partial charge in [-0.2, -0.15) is 4.98 Å². The van der Waals surface area contributed by atoms with Crippen LogP contribution in [0.4, 0.5) is 5.82 Å². The second-order valence-corrected chi connectivity index (χ2v) is 6.70. The van der Waals surface area contributed by atoms with Gasteiger partial charge in [-0.05, 0) is 11.6 Å². The average molecular weight is 355 g/mol. The molecule has 12 heteroatoms. The first kappa shape index (κ1) is 14.9. The number of carbonyl (C=O) groups is 1. The molecule has 20 heavy (non-hydrogen) atoms. The molecule has 0 fully saturated rings. The van der Waals surface area contributed by atoms with E-state index in [-0.39, 0.29) is 16.3 Å². The van der Waals surface area contributed by atoms with Gasteiger partial charge in [0.1, 0.15) is 11.0 Å². The van der Waals surface area contributed by atoms with E-state index < -0.39 is 25.9 Å². The average Bonchev–Trinajstić information content (AvgIpc) is 2.75. The minimum absolute atomic E-state index is 0.0644. The molecule has 0 saturated carbocycles. The van der Waals surface area contributed by atoms with Crippen LogP contribution in [0.3, 0.4) is 0 Å². The Morgan fingerprint density at radius 3 is 2.65 bits per heavy atom. The zero-order chi connectivity index (χ0) is 14.9. The lowest BCUT2D eigenvalue weighted by atomic mass is 10.5. The molecule has 8 nitrogen and oxygen atoms in total. The Labute approximate surface area is 126 Å². The molecule has 2 aromatic rings. The molecule has 2 heterocycles. The molecule has 0 atom stereocenters. The fraction of sp³-hybridized carbons (Fsp3) is 0. The molecule has 2 N–H and O–H groups in total. The minimum Gasteiger partial charge on any atom is -0.476 e. The van der Waals surface area contributed by atoms with Crippen LogP contribution in [-0.4, -0.2) is 34.4 Å². The first-order valence-corrected chi connectivity index (χ1v) is 7.81. The van der Waals surface area contributed by atoms with Crippen LogP contribution >= 0.6 is 34.5 Å². The highest BCUT2D eigenvalue weighted by Gasteiger charge is 2.26. The highest BCUT2D eigenvalue weighted by atomic mass is 35.5. The minimum atomic E-state index is -4.16. The standard InChI is InChI=1S/C8H4Cl2N4O4S2/c9-3-1-4(13-8(10)12-3)14-20(17,18)7-5(6(15)16)11-2-19-7/h1-2H,(H,15,16)(H,12,13,14). The third-order valence-corrected chi connectivity index (χ3v) is 4.98. The van der Waals surface area contributed by atoms with E-state index >= 15 is 0 Å². The third-order valence-electron chi connectivity index (χ3n) is 1.89. The van der Waals surface area contributed by atoms with Gasteiger partial charge < -0.3 is 5.11 Å². The van der Waals surface area contributed by atoms with Crippen LogP contribution in [-0.2, 0) is 10.0 Å². The van der Waals surface area contributed by atoms with Crippen LogP contribution in [0.2, 0.25) is 10.4 Å². The van der Waals surface area contributed by atoms with Crippen LogP contribution in [0.5, 0.6) is 0 Å². The molecule has 0 aliphatic rings. The van der Waals surface area contributed by atoms with Gasteiger partial charge in [0.15, 0.2) is 9.90 Å². The summed E-state index contributed by atoms with van der Waals surface area (Å²) >= 11 is 11.8. The molecule has 0 saturated heterocycles. The Kier molecular flexibility index (Phi) is 4.09. The van der Waals surface area contributed by atoms with Crippen LogP contribution in [0.25, 0.3) is 0 Å². The van der Waals surface area contributed by atoms with Crippen LogP contribution in [0, 0.1) is 0 Å². The first-order chi connectivity index (χ1) is 9.29. The van der Waals surface area contributed by atoms with Crippen molar-refractivity contribution in [3.63, 3.8) is 0 Å². The van der Waals surface area contributed by atoms with E-state index in [1.807, 2.05) is 0 Å². The van der Waals surface area contributed by atoms with Gasteiger partial charge in [0.05, 0.1) is 5.51 Å². The summed E-state index contributed by atoms with van der Waals surface area (Å²) in [5.74, 6) is -1.63. The van der Waals surface area contributed by atoms with Crippen LogP contribution in [0.1, 0.15) is 10.5 Å². The number of hydrogen-bond acceptors (Lipinski definition) is 7. The summed E-state index contributed by atoms with van der Waals surface area (Å²) in [6.07, 6.45) is 0. The van der Waals surface area contributed by atoms with Crippen molar-refractivity contribution in [1.29, 1.82) is 0 Å². The summed E-state index contributed by atoms with van der Waals surface area (Å²) in [7, 11) is -4.16. The van der Waals surface area contributed by atoms with E-state index in [4.69, 9.17) is 28.3 Å². The normalized spacial score (nSPS) is 11.3. The van der Waals surface area contributed by atoms with Crippen molar-refractivity contribution >= 4 is 56.3 Å². The maximum absolute atomic E-state index is 12.1. The number of halogens is 2. The van der Waals surface area contributed by atoms with Gasteiger partial charge in [0.2, 0.25) is 5.28 Å². The van der Waals surface area contributed by atoms with Gasteiger partial charge in [-0.1, -0.05) is 11.6 Å². The molecule has 0 amide bonds. The zero-order valence-electron chi connectivity index (χ0n) is 9.24. The van der Waals surface area contributed by atoms with E-state index in [9.17, 15) is 13.2 Å². The summed E-state index contributed by atoms with van der Waals surface area (Å²) in [4.78, 5) is 21.5. The lowest BCUT2D eigenvalue weighted by Crippen LogP contribution is -2.16. The van der Waals surface area contributed by atoms with Crippen LogP contribution < -0.4 is 4.72 Å². The van der Waals surface area contributed by atoms with Crippen molar-refractivity contribution in [2.75, 3.05) is 4.72 Å². The van der Waals surface area contributed by atoms with Crippen LogP contribution in [0.15, 0.2) is 15.8 Å². The van der Waals surface area contributed by atoms with Crippen molar-refractivity contribution < 1.29 is 18.3 Å². The third kappa shape index (κ3) is 3.15. The molecule has 0 aliphatic heterocycles. The predicted octanol–water partition coefficient (Wildman–Crippen LogP) is 1.74. The van der Waals surface area contributed by atoms with Gasteiger partial charge in [-0.3, -0.25) is 4.72 Å². The second kappa shape index (κ2) is 5.48. The van der Waals surface area contributed by atoms with Gasteiger partial charge >= 0.3 is 5.97 Å². The van der Waals surface area contributed by atoms with E-state index in [0.29, 0.717) is 11.3 Å². The number of rotatable bonds is 4. The lowest BCUT2D eigenvalue weighted by molar-refractivity contribution is 0.0687. The van der Waals surface area contributed by atoms with Crippen molar-refractivity contribution in [3.8, 4) is 0 Å². The number of sulfonamides is 1. The number of aromatic carboxylic acids is 1. The maximum Gasteiger partial charge on any atom is 0.356 e. The van der Waals surface area contributed by atoms with Crippen molar-refractivity contribution in [3.05, 3.63) is 27.7 Å². The largest absolute Gasteiger partial charge is 0.476 e. The molecule has 0 spiro atoms. The van der Waals surface area contributed by atoms with Crippen molar-refractivity contribution in [1.82, 2.24) is 15.0 Å². The molecule has 106 valence electrons. The molecule has 0 aromatic carbocycles. The molecule has 0 bridgehead atoms. The van der Waals surface area contributed by atoms with E-state index in [1.165, 1.54) is 0 Å². The summed E-state index contributed by atoms with van der Waals surface area (Å²) in [5, 5.41) is 8.54. The number of hydrogen-bond donors (Lipinski definition) is 2. The number of anilines is 1. The maximum atomic E-state index is 12.1. The van der Waals surface area contributed by atoms with Gasteiger partial charge in [0, 0.05) is 6.07 Å². The molecule has 2 aromatic heterocycles. The molecular formula is C8H4Cl2N4O4S2. The molecule has 0 aliphatic carbocycles. The smallest absolute Gasteiger partial charge is 0.356 e. The summed E-state index contributed by atoms with van der Waals surface area (Å²) in [5.41, 5.74) is 0.534. The number of carboxylic acid groups (broad SMARTS) is 1. The van der Waals surface area contributed by atoms with E-state index in [0.717, 1.165) is 11.6 Å². The first-order valence-electron chi connectivity index (χ1n) is 4.69. The monoisotopic (exact) mass is 354 g/mol. The second-order valence-electron chi connectivity index (χ2n) is 3.24. The Morgan fingerprint density at radius 2 is 2.05 bits per heavy atom. The van der Waals surface area contributed by atoms with E-state index in [2.05, 4.69) is 19.7 Å². The fourth-order valence-electron chi connectivity index (χ4n) is 1.19. The lowest BCUT2D eigenvalue weighted by Gasteiger charge is -2.06. The Morgan fingerprint density at radius 1 is 1.35 bits per heavy atom. The number of carboxylic acids is 1. The summed E-state index contributed by atoms with van der Waals surface area (Å²) in [6, 6.07) is 1.13. The van der Waals surface area contributed by atoms with E-state index in [1.54, 1.807) is 0 Å². The Balaban J connectivity index is 2.41. The number of thiazole rings is 1. The molecular weight excluding hydrogens is 351 g/mol. The highest BCUT2D eigenvalue weighted by Crippen LogP contribution is 2.23. The number of nitrogens with one attached hydrogen (secondary N) is 1. The van der Waals surface area contributed by atoms with Crippen molar-refractivity contribution in [2.45, 2.75) is 4.21 Å². The zero-order valence-corrected chi connectivity index (χ0v) is 12.4. The highest BCUT2D eigenvalue weighted by molar-refractivity contribution is 7.94. The van der Waals surface area contributed by atoms with Gasteiger partial charge in [-0.25, -0.2) is 23.2 Å². The van der Waals surface area contributed by atoms with Crippen molar-refractivity contribution in [2.24, 2.45) is 0 Å². The predicted molar refractivity (Wildman–Crippen MR) is 71.9 cm³/mol. The number of aromatic nitrogens is 3. The van der Waals surface area contributed by atoms with Gasteiger partial charge in [0.25, 0.3) is 10.0 Å². The molecule has 2 rings (SSSR count). The quantitative estimate of drug-likeness (QED) is 0.633. The topological polar surface area (TPSA) is 122 Å². The fourth-order valence-corrected chi connectivity index (χ4v) is 3.74. The molecule has 0 unspecified atom stereocenters. The SMILES string of the molecule is O=C(O)c1ncsc1S(=O)(=O)Nc1cc(Cl)nc(Cl)n1. The molecule has 0 radical (unpaired) electrons. The summed E-state index contributed by atoms with van der Waals surface area (Å²) < 4.78 is 25.7. The number of nitrogens with zero attached hydrogens (tertiary/aromatic N) is 3.